The lowest BCUT2D eigenvalue weighted by Gasteiger charge is -2.37. The van der Waals surface area contributed by atoms with Crippen molar-refractivity contribution in [2.24, 2.45) is 0 Å². The van der Waals surface area contributed by atoms with Gasteiger partial charge in [-0.25, -0.2) is 0 Å². The fourth-order valence-electron chi connectivity index (χ4n) is 5.00. The fourth-order valence-corrected chi connectivity index (χ4v) is 5.00. The third kappa shape index (κ3) is 5.76. The Morgan fingerprint density at radius 1 is 0.946 bits per heavy atom. The van der Waals surface area contributed by atoms with Gasteiger partial charge in [-0.1, -0.05) is 80.4 Å². The van der Waals surface area contributed by atoms with E-state index in [-0.39, 0.29) is 6.04 Å². The Balaban J connectivity index is 1.63. The third-order valence-electron chi connectivity index (χ3n) is 6.95. The van der Waals surface area contributed by atoms with E-state index in [1.54, 1.807) is 0 Å². The molecule has 1 aliphatic heterocycles. The fraction of sp³-hybridized carbons (Fsp3) is 0.406. The van der Waals surface area contributed by atoms with Gasteiger partial charge in [0.15, 0.2) is 17.3 Å². The van der Waals surface area contributed by atoms with Gasteiger partial charge in [0, 0.05) is 17.3 Å². The summed E-state index contributed by atoms with van der Waals surface area (Å²) in [6.07, 6.45) is 6.19. The van der Waals surface area contributed by atoms with Crippen molar-refractivity contribution in [1.29, 1.82) is 0 Å². The average molecular weight is 501 g/mol. The molecule has 5 nitrogen and oxygen atoms in total. The second-order valence-electron chi connectivity index (χ2n) is 9.68. The molecule has 3 aromatic rings. The molecule has 2 heterocycles. The maximum Gasteiger partial charge on any atom is 0.180 e. The van der Waals surface area contributed by atoms with E-state index in [4.69, 9.17) is 14.0 Å². The summed E-state index contributed by atoms with van der Waals surface area (Å²) >= 11 is 0. The first kappa shape index (κ1) is 26.6. The van der Waals surface area contributed by atoms with E-state index in [2.05, 4.69) is 92.4 Å². The minimum Gasteiger partial charge on any atom is -0.492 e. The first-order valence-electron chi connectivity index (χ1n) is 13.6. The van der Waals surface area contributed by atoms with Gasteiger partial charge in [-0.2, -0.15) is 0 Å². The van der Waals surface area contributed by atoms with Gasteiger partial charge in [0.25, 0.3) is 0 Å². The third-order valence-corrected chi connectivity index (χ3v) is 6.95. The van der Waals surface area contributed by atoms with Crippen LogP contribution in [0.5, 0.6) is 0 Å². The smallest absolute Gasteiger partial charge is 0.180 e. The molecule has 2 aromatic carbocycles. The first-order chi connectivity index (χ1) is 18.0. The van der Waals surface area contributed by atoms with Crippen LogP contribution in [-0.4, -0.2) is 17.8 Å². The molecular weight excluding hydrogens is 460 g/mol. The summed E-state index contributed by atoms with van der Waals surface area (Å²) < 4.78 is 18.2. The topological polar surface area (TPSA) is 47.7 Å². The van der Waals surface area contributed by atoms with Gasteiger partial charge in [-0.15, -0.1) is 0 Å². The molecule has 0 bridgehead atoms. The minimum atomic E-state index is -0.0548. The average Bonchev–Trinajstić information content (AvgIpc) is 3.23. The van der Waals surface area contributed by atoms with E-state index < -0.39 is 0 Å². The number of nitrogens with zero attached hydrogens (tertiary/aromatic N) is 2. The van der Waals surface area contributed by atoms with Crippen molar-refractivity contribution in [3.05, 3.63) is 94.3 Å². The van der Waals surface area contributed by atoms with E-state index in [1.807, 2.05) is 13.8 Å². The van der Waals surface area contributed by atoms with Crippen LogP contribution in [0.25, 0.3) is 11.1 Å². The quantitative estimate of drug-likeness (QED) is 0.265. The van der Waals surface area contributed by atoms with Crippen molar-refractivity contribution in [3.63, 3.8) is 0 Å². The largest absolute Gasteiger partial charge is 0.492 e. The van der Waals surface area contributed by atoms with Crippen LogP contribution in [0.3, 0.4) is 0 Å². The Kier molecular flexibility index (Phi) is 8.75. The Labute approximate surface area is 221 Å². The van der Waals surface area contributed by atoms with E-state index in [0.717, 1.165) is 65.6 Å². The number of aromatic nitrogens is 1. The zero-order chi connectivity index (χ0) is 26.4. The van der Waals surface area contributed by atoms with Crippen molar-refractivity contribution in [2.75, 3.05) is 11.5 Å². The van der Waals surface area contributed by atoms with Gasteiger partial charge in [0.1, 0.15) is 12.4 Å². The van der Waals surface area contributed by atoms with Gasteiger partial charge < -0.3 is 18.9 Å². The van der Waals surface area contributed by atoms with Crippen LogP contribution in [0, 0.1) is 13.8 Å². The molecule has 5 heteroatoms. The molecule has 37 heavy (non-hydrogen) atoms. The highest BCUT2D eigenvalue weighted by Crippen LogP contribution is 2.37. The Bertz CT molecular complexity index is 1260. The summed E-state index contributed by atoms with van der Waals surface area (Å²) in [6, 6.07) is 17.3. The predicted octanol–water partition coefficient (Wildman–Crippen LogP) is 8.27. The lowest BCUT2D eigenvalue weighted by Crippen LogP contribution is -2.39. The van der Waals surface area contributed by atoms with Crippen LogP contribution in [0.1, 0.15) is 69.4 Å². The zero-order valence-electron chi connectivity index (χ0n) is 23.1. The molecular formula is C32H40N2O3. The maximum absolute atomic E-state index is 6.49. The number of anilines is 1. The normalized spacial score (nSPS) is 15.7. The molecule has 0 amide bonds. The molecule has 0 saturated carbocycles. The lowest BCUT2D eigenvalue weighted by atomic mass is 9.95. The van der Waals surface area contributed by atoms with Gasteiger partial charge in [0.05, 0.1) is 12.6 Å². The van der Waals surface area contributed by atoms with Crippen molar-refractivity contribution in [3.8, 4) is 11.1 Å². The molecule has 1 unspecified atom stereocenters. The maximum atomic E-state index is 6.49. The Morgan fingerprint density at radius 3 is 2.35 bits per heavy atom. The molecule has 196 valence electrons. The number of hydrogen-bond donors (Lipinski definition) is 0. The summed E-state index contributed by atoms with van der Waals surface area (Å²) in [4.78, 5) is 2.24. The van der Waals surface area contributed by atoms with Crippen LogP contribution < -0.4 is 4.90 Å². The molecule has 0 spiro atoms. The number of aryl methyl sites for hydroxylation is 2. The van der Waals surface area contributed by atoms with Gasteiger partial charge >= 0.3 is 0 Å². The molecule has 0 N–H and O–H groups in total. The van der Waals surface area contributed by atoms with Gasteiger partial charge in [0.2, 0.25) is 0 Å². The molecule has 4 rings (SSSR count). The van der Waals surface area contributed by atoms with E-state index in [1.165, 1.54) is 16.7 Å². The Hall–Kier alpha value is -3.47. The molecule has 1 aliphatic rings. The number of benzene rings is 2. The van der Waals surface area contributed by atoms with Crippen molar-refractivity contribution >= 4 is 5.82 Å². The summed E-state index contributed by atoms with van der Waals surface area (Å²) in [7, 11) is 0. The van der Waals surface area contributed by atoms with E-state index >= 15 is 0 Å². The summed E-state index contributed by atoms with van der Waals surface area (Å²) in [5, 5.41) is 4.39. The van der Waals surface area contributed by atoms with Crippen LogP contribution >= 0.6 is 0 Å². The van der Waals surface area contributed by atoms with Crippen molar-refractivity contribution in [2.45, 2.75) is 79.9 Å². The SMILES string of the molecule is CCCC1=CC(OCc2ccc(-c3ccccc3)c(CCC)c2)=C(OCC)C(C)N1c1noc(C)c1C. The number of rotatable bonds is 11. The Morgan fingerprint density at radius 2 is 1.70 bits per heavy atom. The first-order valence-corrected chi connectivity index (χ1v) is 13.6. The number of hydrogen-bond acceptors (Lipinski definition) is 5. The summed E-state index contributed by atoms with van der Waals surface area (Å²) in [6.45, 7) is 13.6. The second kappa shape index (κ2) is 12.2. The number of allylic oxidation sites excluding steroid dienone is 2. The molecule has 0 saturated heterocycles. The predicted molar refractivity (Wildman–Crippen MR) is 150 cm³/mol. The van der Waals surface area contributed by atoms with Crippen LogP contribution in [0.4, 0.5) is 5.82 Å². The van der Waals surface area contributed by atoms with E-state index in [9.17, 15) is 0 Å². The van der Waals surface area contributed by atoms with Gasteiger partial charge in [-0.3, -0.25) is 0 Å². The number of ether oxygens (including phenoxy) is 2. The van der Waals surface area contributed by atoms with Crippen LogP contribution in [0.15, 0.2) is 76.3 Å². The van der Waals surface area contributed by atoms with Crippen LogP contribution in [-0.2, 0) is 22.5 Å². The molecule has 0 fully saturated rings. The summed E-state index contributed by atoms with van der Waals surface area (Å²) in [5.74, 6) is 3.32. The highest BCUT2D eigenvalue weighted by atomic mass is 16.5. The van der Waals surface area contributed by atoms with E-state index in [0.29, 0.717) is 13.2 Å². The molecule has 1 aromatic heterocycles. The molecule has 0 aliphatic carbocycles. The zero-order valence-corrected chi connectivity index (χ0v) is 23.1. The van der Waals surface area contributed by atoms with Gasteiger partial charge in [-0.05, 0) is 62.8 Å². The minimum absolute atomic E-state index is 0.0548. The second-order valence-corrected chi connectivity index (χ2v) is 9.68. The lowest BCUT2D eigenvalue weighted by molar-refractivity contribution is 0.146. The molecule has 0 radical (unpaired) electrons. The molecule has 1 atom stereocenters. The van der Waals surface area contributed by atoms with Crippen molar-refractivity contribution < 1.29 is 14.0 Å². The highest BCUT2D eigenvalue weighted by molar-refractivity contribution is 5.68. The monoisotopic (exact) mass is 500 g/mol. The summed E-state index contributed by atoms with van der Waals surface area (Å²) in [5.41, 5.74) is 7.29. The standard InChI is InChI=1S/C32H40N2O3/c1-7-13-27-19-25(17-18-29(27)26-15-11-10-12-16-26)21-36-30-20-28(14-8-2)34(23(5)31(30)35-9-3)32-22(4)24(6)37-33-32/h10-12,15-20,23H,7-9,13-14,21H2,1-6H3. The highest BCUT2D eigenvalue weighted by Gasteiger charge is 2.33. The van der Waals surface area contributed by atoms with Crippen molar-refractivity contribution in [1.82, 2.24) is 5.16 Å². The van der Waals surface area contributed by atoms with Crippen LogP contribution in [0.2, 0.25) is 0 Å².